The van der Waals surface area contributed by atoms with E-state index in [-0.39, 0.29) is 12.0 Å². The molecule has 0 bridgehead atoms. The van der Waals surface area contributed by atoms with Crippen molar-refractivity contribution in [3.05, 3.63) is 35.9 Å². The molecule has 0 aliphatic carbocycles. The Bertz CT molecular complexity index is 494. The van der Waals surface area contributed by atoms with E-state index in [4.69, 9.17) is 0 Å². The van der Waals surface area contributed by atoms with Crippen LogP contribution in [0.25, 0.3) is 0 Å². The van der Waals surface area contributed by atoms with Gasteiger partial charge in [0, 0.05) is 0 Å². The molecule has 1 aromatic rings. The van der Waals surface area contributed by atoms with Crippen molar-refractivity contribution in [2.75, 3.05) is 0 Å². The maximum Gasteiger partial charge on any atom is 0.332 e. The van der Waals surface area contributed by atoms with E-state index >= 15 is 0 Å². The first kappa shape index (κ1) is 13.7. The van der Waals surface area contributed by atoms with Gasteiger partial charge in [0.15, 0.2) is 0 Å². The lowest BCUT2D eigenvalue weighted by atomic mass is 9.93. The molecule has 0 heterocycles. The van der Waals surface area contributed by atoms with Gasteiger partial charge in [-0.25, -0.2) is 0 Å². The molecular weight excluding hydrogens is 244 g/mol. The minimum atomic E-state index is -4.74. The first-order valence-electron chi connectivity index (χ1n) is 5.12. The molecule has 2 N–H and O–H groups in total. The van der Waals surface area contributed by atoms with Gasteiger partial charge in [0.2, 0.25) is 4.75 Å². The van der Waals surface area contributed by atoms with Crippen LogP contribution in [0, 0.1) is 0 Å². The molecule has 6 heteroatoms. The third-order valence-electron chi connectivity index (χ3n) is 2.63. The summed E-state index contributed by atoms with van der Waals surface area (Å²) < 4.78 is 29.9. The number of rotatable bonds is 5. The Kier molecular flexibility index (Phi) is 3.90. The summed E-state index contributed by atoms with van der Waals surface area (Å²) in [5, 5.41) is 9.20. The first-order valence-corrected chi connectivity index (χ1v) is 6.56. The van der Waals surface area contributed by atoms with Crippen molar-refractivity contribution in [1.29, 1.82) is 0 Å². The molecule has 0 amide bonds. The zero-order chi connectivity index (χ0) is 13.1. The van der Waals surface area contributed by atoms with E-state index in [9.17, 15) is 22.9 Å². The van der Waals surface area contributed by atoms with Crippen LogP contribution in [0.15, 0.2) is 30.3 Å². The lowest BCUT2D eigenvalue weighted by molar-refractivity contribution is -0.140. The molecule has 1 unspecified atom stereocenters. The predicted octanol–water partition coefficient (Wildman–Crippen LogP) is 1.65. The Balaban J connectivity index is 3.53. The zero-order valence-corrected chi connectivity index (χ0v) is 10.1. The van der Waals surface area contributed by atoms with Gasteiger partial charge in [-0.1, -0.05) is 43.7 Å². The van der Waals surface area contributed by atoms with Gasteiger partial charge in [-0.2, -0.15) is 8.42 Å². The van der Waals surface area contributed by atoms with Crippen LogP contribution in [0.4, 0.5) is 0 Å². The van der Waals surface area contributed by atoms with Crippen LogP contribution in [0.2, 0.25) is 0 Å². The highest BCUT2D eigenvalue weighted by atomic mass is 32.2. The summed E-state index contributed by atoms with van der Waals surface area (Å²) >= 11 is 0. The van der Waals surface area contributed by atoms with E-state index in [0.29, 0.717) is 6.42 Å². The summed E-state index contributed by atoms with van der Waals surface area (Å²) in [4.78, 5) is 11.3. The van der Waals surface area contributed by atoms with E-state index in [2.05, 4.69) is 0 Å². The van der Waals surface area contributed by atoms with E-state index < -0.39 is 20.8 Å². The van der Waals surface area contributed by atoms with Crippen molar-refractivity contribution in [3.8, 4) is 0 Å². The normalized spacial score (nSPS) is 15.2. The summed E-state index contributed by atoms with van der Waals surface area (Å²) in [7, 11) is -4.74. The number of aliphatic carboxylic acids is 1. The molecule has 0 spiro atoms. The fourth-order valence-electron chi connectivity index (χ4n) is 1.82. The molecule has 1 atom stereocenters. The fourth-order valence-corrected chi connectivity index (χ4v) is 2.94. The summed E-state index contributed by atoms with van der Waals surface area (Å²) in [6, 6.07) is 7.49. The van der Waals surface area contributed by atoms with Gasteiger partial charge < -0.3 is 5.11 Å². The molecule has 17 heavy (non-hydrogen) atoms. The maximum atomic E-state index is 11.5. The van der Waals surface area contributed by atoms with Crippen molar-refractivity contribution in [3.63, 3.8) is 0 Å². The maximum absolute atomic E-state index is 11.5. The highest BCUT2D eigenvalue weighted by Gasteiger charge is 2.51. The number of carboxylic acid groups (broad SMARTS) is 1. The fraction of sp³-hybridized carbons (Fsp3) is 0.364. The highest BCUT2D eigenvalue weighted by molar-refractivity contribution is 7.87. The van der Waals surface area contributed by atoms with Crippen molar-refractivity contribution >= 4 is 16.1 Å². The van der Waals surface area contributed by atoms with Gasteiger partial charge in [0.1, 0.15) is 0 Å². The summed E-state index contributed by atoms with van der Waals surface area (Å²) in [6.07, 6.45) is 0.145. The molecule has 94 valence electrons. The third-order valence-corrected chi connectivity index (χ3v) is 4.12. The van der Waals surface area contributed by atoms with Crippen LogP contribution >= 0.6 is 0 Å². The van der Waals surface area contributed by atoms with Crippen LogP contribution in [0.5, 0.6) is 0 Å². The van der Waals surface area contributed by atoms with Crippen LogP contribution < -0.4 is 0 Å². The second-order valence-corrected chi connectivity index (χ2v) is 5.37. The molecular formula is C11H14O5S. The molecule has 5 nitrogen and oxygen atoms in total. The number of hydrogen-bond donors (Lipinski definition) is 2. The van der Waals surface area contributed by atoms with Gasteiger partial charge in [-0.15, -0.1) is 0 Å². The van der Waals surface area contributed by atoms with Gasteiger partial charge in [-0.3, -0.25) is 9.35 Å². The average molecular weight is 258 g/mol. The molecule has 1 rings (SSSR count). The predicted molar refractivity (Wildman–Crippen MR) is 62.2 cm³/mol. The average Bonchev–Trinajstić information content (AvgIpc) is 2.24. The lowest BCUT2D eigenvalue weighted by Crippen LogP contribution is -2.43. The number of benzene rings is 1. The Morgan fingerprint density at radius 1 is 1.29 bits per heavy atom. The van der Waals surface area contributed by atoms with Gasteiger partial charge in [-0.05, 0) is 12.0 Å². The van der Waals surface area contributed by atoms with Crippen molar-refractivity contribution in [1.82, 2.24) is 0 Å². The van der Waals surface area contributed by atoms with Crippen molar-refractivity contribution in [2.24, 2.45) is 0 Å². The summed E-state index contributed by atoms with van der Waals surface area (Å²) in [5.74, 6) is -1.56. The Hall–Kier alpha value is -1.40. The van der Waals surface area contributed by atoms with Crippen molar-refractivity contribution in [2.45, 2.75) is 24.5 Å². The van der Waals surface area contributed by atoms with Crippen molar-refractivity contribution < 1.29 is 22.9 Å². The molecule has 0 aliphatic heterocycles. The minimum absolute atomic E-state index is 0.0665. The van der Waals surface area contributed by atoms with Gasteiger partial charge >= 0.3 is 5.97 Å². The van der Waals surface area contributed by atoms with Crippen LogP contribution in [-0.4, -0.2) is 24.0 Å². The van der Waals surface area contributed by atoms with Gasteiger partial charge in [0.25, 0.3) is 10.1 Å². The Labute approximate surface area is 99.8 Å². The first-order chi connectivity index (χ1) is 7.86. The second-order valence-electron chi connectivity index (χ2n) is 3.72. The van der Waals surface area contributed by atoms with Crippen LogP contribution in [-0.2, 0) is 19.7 Å². The Morgan fingerprint density at radius 2 is 1.82 bits per heavy atom. The topological polar surface area (TPSA) is 91.7 Å². The third kappa shape index (κ3) is 2.32. The Morgan fingerprint density at radius 3 is 2.18 bits per heavy atom. The quantitative estimate of drug-likeness (QED) is 0.783. The van der Waals surface area contributed by atoms with Crippen LogP contribution in [0.1, 0.15) is 25.3 Å². The monoisotopic (exact) mass is 258 g/mol. The molecule has 0 saturated heterocycles. The highest BCUT2D eigenvalue weighted by Crippen LogP contribution is 2.35. The van der Waals surface area contributed by atoms with E-state index in [1.807, 2.05) is 0 Å². The van der Waals surface area contributed by atoms with E-state index in [1.54, 1.807) is 13.0 Å². The molecule has 0 radical (unpaired) electrons. The SMILES string of the molecule is CCCC(C(=O)O)(c1ccccc1)S(=O)(=O)O. The summed E-state index contributed by atoms with van der Waals surface area (Å²) in [5.41, 5.74) is 0.0665. The molecule has 1 aromatic carbocycles. The minimum Gasteiger partial charge on any atom is -0.480 e. The number of carboxylic acids is 1. The zero-order valence-electron chi connectivity index (χ0n) is 9.33. The molecule has 0 aromatic heterocycles. The number of hydrogen-bond acceptors (Lipinski definition) is 3. The van der Waals surface area contributed by atoms with E-state index in [1.165, 1.54) is 24.3 Å². The largest absolute Gasteiger partial charge is 0.480 e. The smallest absolute Gasteiger partial charge is 0.332 e. The molecule has 0 aliphatic rings. The number of carbonyl (C=O) groups is 1. The van der Waals surface area contributed by atoms with E-state index in [0.717, 1.165) is 0 Å². The summed E-state index contributed by atoms with van der Waals surface area (Å²) in [6.45, 7) is 1.66. The molecule has 0 fully saturated rings. The standard InChI is InChI=1S/C11H14O5S/c1-2-8-11(10(12)13,17(14,15)16)9-6-4-3-5-7-9/h3-7H,2,8H2,1H3,(H,12,13)(H,14,15,16). The molecule has 0 saturated carbocycles. The van der Waals surface area contributed by atoms with Crippen LogP contribution in [0.3, 0.4) is 0 Å². The van der Waals surface area contributed by atoms with Gasteiger partial charge in [0.05, 0.1) is 0 Å². The second kappa shape index (κ2) is 4.85. The lowest BCUT2D eigenvalue weighted by Gasteiger charge is -2.26.